The summed E-state index contributed by atoms with van der Waals surface area (Å²) in [5.41, 5.74) is 0.721. The van der Waals surface area contributed by atoms with E-state index in [-0.39, 0.29) is 0 Å². The van der Waals surface area contributed by atoms with Gasteiger partial charge >= 0.3 is 0 Å². The number of halogens is 2. The van der Waals surface area contributed by atoms with Crippen molar-refractivity contribution in [3.8, 4) is 0 Å². The van der Waals surface area contributed by atoms with Crippen LogP contribution in [0, 0.1) is 0 Å². The molecule has 2 heterocycles. The molecule has 0 bridgehead atoms. The fourth-order valence-corrected chi connectivity index (χ4v) is 1.94. The molecule has 0 saturated carbocycles. The SMILES string of the molecule is ClCCN(CCCl)c1ncnc2[nH]ncc12. The van der Waals surface area contributed by atoms with Gasteiger partial charge in [0.2, 0.25) is 0 Å². The number of anilines is 1. The zero-order valence-electron chi connectivity index (χ0n) is 8.53. The molecule has 0 aliphatic rings. The van der Waals surface area contributed by atoms with Gasteiger partial charge in [0.25, 0.3) is 0 Å². The van der Waals surface area contributed by atoms with Crippen molar-refractivity contribution in [1.82, 2.24) is 20.2 Å². The molecular weight excluding hydrogens is 249 g/mol. The van der Waals surface area contributed by atoms with Gasteiger partial charge in [-0.25, -0.2) is 9.97 Å². The highest BCUT2D eigenvalue weighted by Crippen LogP contribution is 2.20. The summed E-state index contributed by atoms with van der Waals surface area (Å²) in [6.45, 7) is 1.40. The summed E-state index contributed by atoms with van der Waals surface area (Å²) in [4.78, 5) is 10.4. The second kappa shape index (κ2) is 5.32. The molecule has 0 aromatic carbocycles. The van der Waals surface area contributed by atoms with Crippen LogP contribution in [-0.4, -0.2) is 45.0 Å². The van der Waals surface area contributed by atoms with E-state index in [4.69, 9.17) is 23.2 Å². The summed E-state index contributed by atoms with van der Waals surface area (Å²) >= 11 is 11.5. The van der Waals surface area contributed by atoms with E-state index in [0.29, 0.717) is 24.8 Å². The molecule has 16 heavy (non-hydrogen) atoms. The van der Waals surface area contributed by atoms with Gasteiger partial charge in [-0.15, -0.1) is 23.2 Å². The van der Waals surface area contributed by atoms with E-state index < -0.39 is 0 Å². The first kappa shape index (κ1) is 11.4. The van der Waals surface area contributed by atoms with Crippen LogP contribution in [0.3, 0.4) is 0 Å². The van der Waals surface area contributed by atoms with Gasteiger partial charge in [0, 0.05) is 24.8 Å². The molecule has 0 saturated heterocycles. The smallest absolute Gasteiger partial charge is 0.160 e. The largest absolute Gasteiger partial charge is 0.354 e. The van der Waals surface area contributed by atoms with Gasteiger partial charge in [0.15, 0.2) is 5.65 Å². The van der Waals surface area contributed by atoms with E-state index in [1.54, 1.807) is 6.20 Å². The first-order valence-corrected chi connectivity index (χ1v) is 5.94. The Morgan fingerprint density at radius 1 is 1.19 bits per heavy atom. The Bertz CT molecular complexity index is 452. The van der Waals surface area contributed by atoms with Crippen molar-refractivity contribution < 1.29 is 0 Å². The van der Waals surface area contributed by atoms with E-state index in [0.717, 1.165) is 16.9 Å². The van der Waals surface area contributed by atoms with Crippen molar-refractivity contribution in [2.75, 3.05) is 29.7 Å². The Labute approximate surface area is 103 Å². The topological polar surface area (TPSA) is 57.7 Å². The predicted octanol–water partition coefficient (Wildman–Crippen LogP) is 1.64. The lowest BCUT2D eigenvalue weighted by atomic mass is 10.3. The number of rotatable bonds is 5. The highest BCUT2D eigenvalue weighted by Gasteiger charge is 2.12. The Hall–Kier alpha value is -1.07. The molecule has 0 fully saturated rings. The van der Waals surface area contributed by atoms with Crippen LogP contribution in [0.2, 0.25) is 0 Å². The zero-order valence-corrected chi connectivity index (χ0v) is 10.0. The summed E-state index contributed by atoms with van der Waals surface area (Å²) in [6.07, 6.45) is 3.21. The Kier molecular flexibility index (Phi) is 3.79. The fraction of sp³-hybridized carbons (Fsp3) is 0.444. The number of nitrogens with zero attached hydrogens (tertiary/aromatic N) is 4. The highest BCUT2D eigenvalue weighted by molar-refractivity contribution is 6.18. The number of aromatic amines is 1. The minimum Gasteiger partial charge on any atom is -0.354 e. The average molecular weight is 260 g/mol. The summed E-state index contributed by atoms with van der Waals surface area (Å²) < 4.78 is 0. The monoisotopic (exact) mass is 259 g/mol. The van der Waals surface area contributed by atoms with Crippen LogP contribution in [0.25, 0.3) is 11.0 Å². The van der Waals surface area contributed by atoms with E-state index in [1.165, 1.54) is 6.33 Å². The summed E-state index contributed by atoms with van der Waals surface area (Å²) in [6, 6.07) is 0. The molecule has 2 aromatic rings. The Morgan fingerprint density at radius 3 is 2.62 bits per heavy atom. The summed E-state index contributed by atoms with van der Waals surface area (Å²) in [5, 5.41) is 7.64. The third-order valence-electron chi connectivity index (χ3n) is 2.24. The lowest BCUT2D eigenvalue weighted by Crippen LogP contribution is -2.28. The van der Waals surface area contributed by atoms with E-state index in [9.17, 15) is 0 Å². The van der Waals surface area contributed by atoms with Crippen molar-refractivity contribution >= 4 is 40.1 Å². The van der Waals surface area contributed by atoms with Crippen LogP contribution in [0.1, 0.15) is 0 Å². The molecule has 0 unspecified atom stereocenters. The van der Waals surface area contributed by atoms with Crippen LogP contribution in [0.5, 0.6) is 0 Å². The Morgan fingerprint density at radius 2 is 1.94 bits per heavy atom. The van der Waals surface area contributed by atoms with Gasteiger partial charge in [-0.1, -0.05) is 0 Å². The van der Waals surface area contributed by atoms with Gasteiger partial charge in [0.05, 0.1) is 11.6 Å². The standard InChI is InChI=1S/C9H11Cl2N5/c10-1-3-16(4-2-11)9-7-5-14-15-8(7)12-6-13-9/h5-6H,1-4H2,(H,12,13,14,15). The first-order chi connectivity index (χ1) is 7.86. The molecule has 0 amide bonds. The molecule has 5 nitrogen and oxygen atoms in total. The van der Waals surface area contributed by atoms with Crippen molar-refractivity contribution in [3.05, 3.63) is 12.5 Å². The average Bonchev–Trinajstić information content (AvgIpc) is 2.76. The Balaban J connectivity index is 2.38. The lowest BCUT2D eigenvalue weighted by molar-refractivity contribution is 0.855. The lowest BCUT2D eigenvalue weighted by Gasteiger charge is -2.21. The predicted molar refractivity (Wildman–Crippen MR) is 65.3 cm³/mol. The van der Waals surface area contributed by atoms with Gasteiger partial charge in [-0.2, -0.15) is 5.10 Å². The molecule has 2 aromatic heterocycles. The summed E-state index contributed by atoms with van der Waals surface area (Å²) in [5.74, 6) is 1.88. The number of hydrogen-bond acceptors (Lipinski definition) is 4. The van der Waals surface area contributed by atoms with Gasteiger partial charge in [-0.05, 0) is 0 Å². The molecule has 0 atom stereocenters. The minimum atomic E-state index is 0.528. The maximum Gasteiger partial charge on any atom is 0.160 e. The normalized spacial score (nSPS) is 10.9. The van der Waals surface area contributed by atoms with Crippen molar-refractivity contribution in [2.24, 2.45) is 0 Å². The molecule has 0 radical (unpaired) electrons. The van der Waals surface area contributed by atoms with E-state index in [2.05, 4.69) is 20.2 Å². The second-order valence-corrected chi connectivity index (χ2v) is 3.95. The number of nitrogens with one attached hydrogen (secondary N) is 1. The van der Waals surface area contributed by atoms with Crippen LogP contribution < -0.4 is 4.90 Å². The maximum absolute atomic E-state index is 5.76. The first-order valence-electron chi connectivity index (χ1n) is 4.87. The number of aromatic nitrogens is 4. The third-order valence-corrected chi connectivity index (χ3v) is 2.57. The van der Waals surface area contributed by atoms with Crippen LogP contribution in [0.4, 0.5) is 5.82 Å². The molecule has 2 rings (SSSR count). The molecule has 0 aliphatic heterocycles. The zero-order chi connectivity index (χ0) is 11.4. The molecule has 1 N–H and O–H groups in total. The van der Waals surface area contributed by atoms with Crippen LogP contribution in [-0.2, 0) is 0 Å². The summed E-state index contributed by atoms with van der Waals surface area (Å²) in [7, 11) is 0. The van der Waals surface area contributed by atoms with Crippen molar-refractivity contribution in [2.45, 2.75) is 0 Å². The van der Waals surface area contributed by atoms with Gasteiger partial charge in [0.1, 0.15) is 12.1 Å². The molecule has 0 aliphatic carbocycles. The third kappa shape index (κ3) is 2.20. The van der Waals surface area contributed by atoms with E-state index >= 15 is 0 Å². The molecule has 86 valence electrons. The number of fused-ring (bicyclic) bond motifs is 1. The van der Waals surface area contributed by atoms with Crippen molar-refractivity contribution in [1.29, 1.82) is 0 Å². The van der Waals surface area contributed by atoms with Crippen molar-refractivity contribution in [3.63, 3.8) is 0 Å². The molecular formula is C9H11Cl2N5. The quantitative estimate of drug-likeness (QED) is 0.830. The van der Waals surface area contributed by atoms with E-state index in [1.807, 2.05) is 4.90 Å². The van der Waals surface area contributed by atoms with Crippen LogP contribution >= 0.6 is 23.2 Å². The minimum absolute atomic E-state index is 0.528. The van der Waals surface area contributed by atoms with Gasteiger partial charge in [-0.3, -0.25) is 5.10 Å². The van der Waals surface area contributed by atoms with Crippen LogP contribution in [0.15, 0.2) is 12.5 Å². The number of alkyl halides is 2. The number of H-pyrrole nitrogens is 1. The maximum atomic E-state index is 5.76. The highest BCUT2D eigenvalue weighted by atomic mass is 35.5. The second-order valence-electron chi connectivity index (χ2n) is 3.19. The molecule has 7 heteroatoms. The van der Waals surface area contributed by atoms with Gasteiger partial charge < -0.3 is 4.90 Å². The molecule has 0 spiro atoms. The number of hydrogen-bond donors (Lipinski definition) is 1. The fourth-order valence-electron chi connectivity index (χ4n) is 1.53.